The lowest BCUT2D eigenvalue weighted by Gasteiger charge is -2.09. The number of fused-ring (bicyclic) bond motifs is 6. The fraction of sp³-hybridized carbons (Fsp3) is 0.0833. The summed E-state index contributed by atoms with van der Waals surface area (Å²) in [5.74, 6) is 1.80. The molecule has 0 atom stereocenters. The summed E-state index contributed by atoms with van der Waals surface area (Å²) in [6, 6.07) is 15.0. The summed E-state index contributed by atoms with van der Waals surface area (Å²) in [6.45, 7) is 3.93. The van der Waals surface area contributed by atoms with E-state index in [-0.39, 0.29) is 0 Å². The maximum atomic E-state index is 4.72. The highest BCUT2D eigenvalue weighted by Crippen LogP contribution is 2.35. The van der Waals surface area contributed by atoms with Crippen molar-refractivity contribution in [2.75, 3.05) is 0 Å². The molecule has 6 nitrogen and oxygen atoms in total. The Morgan fingerprint density at radius 1 is 0.667 bits per heavy atom. The van der Waals surface area contributed by atoms with Crippen LogP contribution in [0.3, 0.4) is 0 Å². The summed E-state index contributed by atoms with van der Waals surface area (Å²) in [5, 5.41) is 3.23. The SMILES string of the molecule is Cc1ncc(-c2ccc(-c3ccc4c(c3)c3cncnc3c3[nH]c(C)nc43)cc2)[nH]1. The van der Waals surface area contributed by atoms with Crippen molar-refractivity contribution in [1.82, 2.24) is 29.9 Å². The van der Waals surface area contributed by atoms with Gasteiger partial charge in [0, 0.05) is 17.0 Å². The third-order valence-electron chi connectivity index (χ3n) is 5.57. The van der Waals surface area contributed by atoms with Crippen LogP contribution in [-0.2, 0) is 0 Å². The molecule has 3 aromatic carbocycles. The molecule has 6 heteroatoms. The van der Waals surface area contributed by atoms with E-state index in [4.69, 9.17) is 4.98 Å². The largest absolute Gasteiger partial charge is 0.342 e. The van der Waals surface area contributed by atoms with Crippen molar-refractivity contribution in [3.8, 4) is 22.4 Å². The molecule has 0 aliphatic carbocycles. The number of benzene rings is 3. The summed E-state index contributed by atoms with van der Waals surface area (Å²) in [4.78, 5) is 24.4. The monoisotopic (exact) mass is 390 g/mol. The fourth-order valence-corrected chi connectivity index (χ4v) is 4.15. The molecular weight excluding hydrogens is 372 g/mol. The van der Waals surface area contributed by atoms with Crippen LogP contribution in [0.4, 0.5) is 0 Å². The van der Waals surface area contributed by atoms with E-state index in [9.17, 15) is 0 Å². The van der Waals surface area contributed by atoms with Crippen LogP contribution in [-0.4, -0.2) is 29.9 Å². The molecule has 0 bridgehead atoms. The normalized spacial score (nSPS) is 11.7. The predicted molar refractivity (Wildman–Crippen MR) is 119 cm³/mol. The zero-order chi connectivity index (χ0) is 20.2. The van der Waals surface area contributed by atoms with Crippen LogP contribution in [0.25, 0.3) is 55.1 Å². The quantitative estimate of drug-likeness (QED) is 0.391. The van der Waals surface area contributed by atoms with Crippen molar-refractivity contribution < 1.29 is 0 Å². The van der Waals surface area contributed by atoms with Gasteiger partial charge in [-0.3, -0.25) is 0 Å². The minimum atomic E-state index is 0.881. The number of H-pyrrole nitrogens is 2. The first-order valence-electron chi connectivity index (χ1n) is 9.81. The molecule has 0 fully saturated rings. The molecule has 0 unspecified atom stereocenters. The fourth-order valence-electron chi connectivity index (χ4n) is 4.15. The van der Waals surface area contributed by atoms with Gasteiger partial charge in [0.1, 0.15) is 18.0 Å². The Balaban J connectivity index is 1.55. The first kappa shape index (κ1) is 16.9. The number of imidazole rings is 2. The molecule has 0 saturated heterocycles. The maximum absolute atomic E-state index is 4.72. The van der Waals surface area contributed by atoms with E-state index in [0.717, 1.165) is 66.7 Å². The van der Waals surface area contributed by atoms with E-state index in [1.54, 1.807) is 6.33 Å². The Labute approximate surface area is 172 Å². The van der Waals surface area contributed by atoms with Gasteiger partial charge in [-0.1, -0.05) is 36.4 Å². The average Bonchev–Trinajstić information content (AvgIpc) is 3.39. The van der Waals surface area contributed by atoms with Crippen LogP contribution in [0.5, 0.6) is 0 Å². The van der Waals surface area contributed by atoms with Gasteiger partial charge >= 0.3 is 0 Å². The molecule has 2 N–H and O–H groups in total. The number of hydrogen-bond donors (Lipinski definition) is 2. The summed E-state index contributed by atoms with van der Waals surface area (Å²) < 4.78 is 0. The smallest absolute Gasteiger partial charge is 0.116 e. The first-order chi connectivity index (χ1) is 14.7. The molecule has 0 aliphatic heterocycles. The second-order valence-corrected chi connectivity index (χ2v) is 7.55. The topological polar surface area (TPSA) is 83.1 Å². The van der Waals surface area contributed by atoms with Gasteiger partial charge in [-0.25, -0.2) is 19.9 Å². The van der Waals surface area contributed by atoms with Crippen LogP contribution >= 0.6 is 0 Å². The predicted octanol–water partition coefficient (Wildman–Crippen LogP) is 5.33. The highest BCUT2D eigenvalue weighted by Gasteiger charge is 2.14. The van der Waals surface area contributed by atoms with Gasteiger partial charge in [0.2, 0.25) is 0 Å². The van der Waals surface area contributed by atoms with Crippen LogP contribution in [0.1, 0.15) is 11.6 Å². The van der Waals surface area contributed by atoms with Crippen molar-refractivity contribution >= 4 is 32.7 Å². The van der Waals surface area contributed by atoms with Crippen molar-refractivity contribution in [3.63, 3.8) is 0 Å². The van der Waals surface area contributed by atoms with Crippen molar-refractivity contribution in [3.05, 3.63) is 72.8 Å². The molecule has 30 heavy (non-hydrogen) atoms. The minimum absolute atomic E-state index is 0.881. The van der Waals surface area contributed by atoms with E-state index in [1.807, 2.05) is 26.2 Å². The number of aromatic amines is 2. The first-order valence-corrected chi connectivity index (χ1v) is 9.81. The van der Waals surface area contributed by atoms with Crippen LogP contribution in [0.15, 0.2) is 61.2 Å². The third kappa shape index (κ3) is 2.50. The molecule has 3 aromatic heterocycles. The van der Waals surface area contributed by atoms with Gasteiger partial charge in [0.05, 0.1) is 28.4 Å². The van der Waals surface area contributed by atoms with Gasteiger partial charge in [0.25, 0.3) is 0 Å². The lowest BCUT2D eigenvalue weighted by atomic mass is 9.97. The molecule has 0 aliphatic rings. The third-order valence-corrected chi connectivity index (χ3v) is 5.57. The van der Waals surface area contributed by atoms with Gasteiger partial charge in [0.15, 0.2) is 0 Å². The molecule has 6 aromatic rings. The highest BCUT2D eigenvalue weighted by molar-refractivity contribution is 6.22. The molecule has 0 radical (unpaired) electrons. The zero-order valence-corrected chi connectivity index (χ0v) is 16.6. The molecule has 144 valence electrons. The Morgan fingerprint density at radius 3 is 2.27 bits per heavy atom. The van der Waals surface area contributed by atoms with Crippen LogP contribution in [0, 0.1) is 13.8 Å². The van der Waals surface area contributed by atoms with Crippen molar-refractivity contribution in [1.29, 1.82) is 0 Å². The van der Waals surface area contributed by atoms with E-state index < -0.39 is 0 Å². The number of aromatic nitrogens is 6. The van der Waals surface area contributed by atoms with E-state index in [2.05, 4.69) is 67.4 Å². The number of rotatable bonds is 2. The lowest BCUT2D eigenvalue weighted by Crippen LogP contribution is -1.88. The van der Waals surface area contributed by atoms with Crippen molar-refractivity contribution in [2.45, 2.75) is 13.8 Å². The number of nitrogens with zero attached hydrogens (tertiary/aromatic N) is 4. The van der Waals surface area contributed by atoms with Gasteiger partial charge in [-0.15, -0.1) is 0 Å². The maximum Gasteiger partial charge on any atom is 0.116 e. The zero-order valence-electron chi connectivity index (χ0n) is 16.6. The highest BCUT2D eigenvalue weighted by atomic mass is 14.9. The number of nitrogens with one attached hydrogen (secondary N) is 2. The van der Waals surface area contributed by atoms with Crippen LogP contribution in [0.2, 0.25) is 0 Å². The van der Waals surface area contributed by atoms with Gasteiger partial charge in [-0.05, 0) is 42.0 Å². The van der Waals surface area contributed by atoms with E-state index >= 15 is 0 Å². The molecule has 0 saturated carbocycles. The standard InChI is InChI=1S/C24H18N6/c1-13-26-11-21(28-13)16-5-3-15(4-6-16)17-7-8-18-19(9-17)20-10-25-12-27-22(20)24-23(18)29-14(2)30-24/h3-12H,1-2H3,(H,26,28)(H,29,30). The molecule has 3 heterocycles. The molecule has 6 rings (SSSR count). The lowest BCUT2D eigenvalue weighted by molar-refractivity contribution is 1.15. The molecule has 0 amide bonds. The Morgan fingerprint density at radius 2 is 1.47 bits per heavy atom. The summed E-state index contributed by atoms with van der Waals surface area (Å²) in [6.07, 6.45) is 5.33. The average molecular weight is 390 g/mol. The van der Waals surface area contributed by atoms with Gasteiger partial charge < -0.3 is 9.97 Å². The molecule has 0 spiro atoms. The summed E-state index contributed by atoms with van der Waals surface area (Å²) in [7, 11) is 0. The van der Waals surface area contributed by atoms with Crippen LogP contribution < -0.4 is 0 Å². The van der Waals surface area contributed by atoms with E-state index in [1.165, 1.54) is 0 Å². The summed E-state index contributed by atoms with van der Waals surface area (Å²) in [5.41, 5.74) is 7.25. The number of aryl methyl sites for hydroxylation is 2. The Kier molecular flexibility index (Phi) is 3.49. The summed E-state index contributed by atoms with van der Waals surface area (Å²) >= 11 is 0. The second kappa shape index (κ2) is 6.22. The Hall–Kier alpha value is -4.06. The second-order valence-electron chi connectivity index (χ2n) is 7.55. The number of hydrogen-bond acceptors (Lipinski definition) is 4. The van der Waals surface area contributed by atoms with E-state index in [0.29, 0.717) is 0 Å². The molecular formula is C24H18N6. The Bertz CT molecular complexity index is 1560. The minimum Gasteiger partial charge on any atom is -0.342 e. The van der Waals surface area contributed by atoms with Crippen molar-refractivity contribution in [2.24, 2.45) is 0 Å². The van der Waals surface area contributed by atoms with Gasteiger partial charge in [-0.2, -0.15) is 0 Å².